The van der Waals surface area contributed by atoms with E-state index in [1.807, 2.05) is 56.4 Å². The van der Waals surface area contributed by atoms with E-state index in [-0.39, 0.29) is 11.6 Å². The number of methoxy groups -OCH3 is 1. The smallest absolute Gasteiger partial charge is 0.248 e. The van der Waals surface area contributed by atoms with Crippen molar-refractivity contribution >= 4 is 46.4 Å². The normalized spacial score (nSPS) is 15.3. The molecule has 0 bridgehead atoms. The van der Waals surface area contributed by atoms with E-state index in [9.17, 15) is 4.79 Å². The summed E-state index contributed by atoms with van der Waals surface area (Å²) in [5.74, 6) is 1.39. The number of benzene rings is 2. The fraction of sp³-hybridized carbons (Fsp3) is 0.281. The van der Waals surface area contributed by atoms with Gasteiger partial charge in [-0.05, 0) is 51.4 Å². The summed E-state index contributed by atoms with van der Waals surface area (Å²) in [6.07, 6.45) is 14.0. The van der Waals surface area contributed by atoms with Gasteiger partial charge in [-0.2, -0.15) is 9.68 Å². The summed E-state index contributed by atoms with van der Waals surface area (Å²) in [6.45, 7) is 4.70. The van der Waals surface area contributed by atoms with Gasteiger partial charge in [0, 0.05) is 37.2 Å². The number of fused-ring (bicyclic) bond motifs is 1. The maximum Gasteiger partial charge on any atom is 0.248 e. The third-order valence-electron chi connectivity index (χ3n) is 7.01. The molecule has 0 unspecified atom stereocenters. The van der Waals surface area contributed by atoms with Gasteiger partial charge < -0.3 is 24.6 Å². The lowest BCUT2D eigenvalue weighted by Crippen LogP contribution is -2.41. The number of carbonyl (C=O) groups excluding carboxylic acids is 1. The molecule has 0 saturated carbocycles. The number of hydrazone groups is 1. The molecular weight excluding hydrogens is 563 g/mol. The van der Waals surface area contributed by atoms with Crippen molar-refractivity contribution in [3.8, 4) is 11.5 Å². The Balaban J connectivity index is 1.35. The molecule has 0 saturated heterocycles. The molecule has 3 aromatic rings. The van der Waals surface area contributed by atoms with Crippen molar-refractivity contribution in [2.24, 2.45) is 5.10 Å². The van der Waals surface area contributed by atoms with E-state index in [1.54, 1.807) is 53.7 Å². The summed E-state index contributed by atoms with van der Waals surface area (Å²) in [6, 6.07) is 8.42. The Labute approximate surface area is 255 Å². The zero-order valence-corrected chi connectivity index (χ0v) is 25.3. The van der Waals surface area contributed by atoms with Crippen LogP contribution in [0, 0.1) is 5.82 Å². The van der Waals surface area contributed by atoms with Gasteiger partial charge in [0.15, 0.2) is 12.8 Å². The standard InChI is InChI=1S/C32H36FN8O3/c1-5-36-41-15-12-23(13-16-41)44-24-8-9-26(25(33)21-24)37-32-30-27(34-22-35-32)10-11-28(31(30)43-4)39-17-19-40(20-18-39)29(42)7-6-14-38(2)3/h5-13,15,17,21-22H,14,16,18-20H2,1-4H3,(H,34,35,37)/q+1/b7-6+,36-5-. The molecule has 44 heavy (non-hydrogen) atoms. The van der Waals surface area contributed by atoms with Crippen LogP contribution in [0.2, 0.25) is 0 Å². The zero-order chi connectivity index (χ0) is 31.1. The molecule has 11 nitrogen and oxygen atoms in total. The van der Waals surface area contributed by atoms with Gasteiger partial charge in [-0.25, -0.2) is 14.4 Å². The minimum atomic E-state index is -0.504. The number of nitrogens with one attached hydrogen (secondary N) is 1. The molecule has 0 aliphatic carbocycles. The molecule has 0 radical (unpaired) electrons. The Kier molecular flexibility index (Phi) is 9.60. The van der Waals surface area contributed by atoms with Gasteiger partial charge in [0.1, 0.15) is 29.5 Å². The molecule has 5 rings (SSSR count). The van der Waals surface area contributed by atoms with E-state index in [1.165, 1.54) is 12.4 Å². The van der Waals surface area contributed by atoms with Crippen molar-refractivity contribution in [2.75, 3.05) is 59.2 Å². The Hall–Kier alpha value is -5.10. The number of ether oxygens (including phenoxy) is 2. The number of hydrogen-bond acceptors (Lipinski definition) is 9. The maximum atomic E-state index is 15.3. The lowest BCUT2D eigenvalue weighted by atomic mass is 10.1. The Bertz CT molecular complexity index is 1680. The van der Waals surface area contributed by atoms with Crippen molar-refractivity contribution in [1.29, 1.82) is 0 Å². The van der Waals surface area contributed by atoms with Gasteiger partial charge in [0.2, 0.25) is 17.3 Å². The Morgan fingerprint density at radius 1 is 1.23 bits per heavy atom. The van der Waals surface area contributed by atoms with Crippen molar-refractivity contribution in [2.45, 2.75) is 6.92 Å². The third kappa shape index (κ3) is 7.09. The minimum Gasteiger partial charge on any atom is -0.490 e. The van der Waals surface area contributed by atoms with Gasteiger partial charge >= 0.3 is 0 Å². The largest absolute Gasteiger partial charge is 0.490 e. The number of carbonyl (C=O) groups is 1. The third-order valence-corrected chi connectivity index (χ3v) is 7.01. The second-order valence-corrected chi connectivity index (χ2v) is 10.3. The first-order valence-corrected chi connectivity index (χ1v) is 14.3. The van der Waals surface area contributed by atoms with E-state index in [4.69, 9.17) is 9.47 Å². The van der Waals surface area contributed by atoms with E-state index in [0.717, 1.165) is 5.69 Å². The molecule has 0 fully saturated rings. The van der Waals surface area contributed by atoms with Gasteiger partial charge in [-0.15, -0.1) is 0 Å². The second-order valence-electron chi connectivity index (χ2n) is 10.3. The van der Waals surface area contributed by atoms with Crippen LogP contribution in [0.15, 0.2) is 78.0 Å². The summed E-state index contributed by atoms with van der Waals surface area (Å²) >= 11 is 0. The van der Waals surface area contributed by atoms with Gasteiger partial charge in [0.25, 0.3) is 0 Å². The zero-order valence-electron chi connectivity index (χ0n) is 25.3. The van der Waals surface area contributed by atoms with Crippen LogP contribution in [-0.2, 0) is 4.79 Å². The highest BCUT2D eigenvalue weighted by Crippen LogP contribution is 2.39. The Morgan fingerprint density at radius 2 is 2.09 bits per heavy atom. The SMILES string of the molecule is C/C=N\N1C=CC(Oc2ccc(Nc3ncnc4ccc([N+]5=CCN(C(=O)/C=C/CN(C)C)CC5)c(OC)c34)c(F)c2)=CC1. The van der Waals surface area contributed by atoms with E-state index in [0.29, 0.717) is 66.7 Å². The van der Waals surface area contributed by atoms with Crippen molar-refractivity contribution in [3.63, 3.8) is 0 Å². The minimum absolute atomic E-state index is 0.0215. The maximum absolute atomic E-state index is 15.3. The van der Waals surface area contributed by atoms with Gasteiger partial charge in [-0.1, -0.05) is 6.08 Å². The number of nitrogens with zero attached hydrogens (tertiary/aromatic N) is 7. The number of amides is 1. The predicted octanol–water partition coefficient (Wildman–Crippen LogP) is 4.29. The van der Waals surface area contributed by atoms with Crippen LogP contribution in [-0.4, -0.2) is 102 Å². The molecule has 2 aromatic carbocycles. The number of allylic oxidation sites excluding steroid dienone is 1. The molecule has 1 N–H and O–H groups in total. The quantitative estimate of drug-likeness (QED) is 0.209. The number of rotatable bonds is 10. The second kappa shape index (κ2) is 13.9. The highest BCUT2D eigenvalue weighted by molar-refractivity contribution is 5.98. The molecule has 3 heterocycles. The molecule has 228 valence electrons. The summed E-state index contributed by atoms with van der Waals surface area (Å²) in [5, 5.41) is 9.68. The average Bonchev–Trinajstić information content (AvgIpc) is 3.03. The van der Waals surface area contributed by atoms with Crippen LogP contribution in [0.4, 0.5) is 21.6 Å². The monoisotopic (exact) mass is 599 g/mol. The molecule has 1 amide bonds. The summed E-state index contributed by atoms with van der Waals surface area (Å²) in [5.41, 5.74) is 1.66. The fourth-order valence-electron chi connectivity index (χ4n) is 4.84. The molecule has 12 heteroatoms. The van der Waals surface area contributed by atoms with Crippen molar-refractivity contribution in [1.82, 2.24) is 24.8 Å². The summed E-state index contributed by atoms with van der Waals surface area (Å²) in [4.78, 5) is 25.2. The first-order chi connectivity index (χ1) is 21.4. The van der Waals surface area contributed by atoms with Crippen LogP contribution in [0.3, 0.4) is 0 Å². The molecule has 1 aromatic heterocycles. The number of aromatic nitrogens is 2. The van der Waals surface area contributed by atoms with Crippen LogP contribution in [0.1, 0.15) is 6.92 Å². The van der Waals surface area contributed by atoms with E-state index < -0.39 is 5.82 Å². The first kappa shape index (κ1) is 30.4. The molecule has 2 aliphatic heterocycles. The number of halogens is 1. The van der Waals surface area contributed by atoms with Crippen LogP contribution >= 0.6 is 0 Å². The molecular formula is C32H36FN8O3+. The van der Waals surface area contributed by atoms with Crippen molar-refractivity contribution < 1.29 is 23.2 Å². The molecule has 2 aliphatic rings. The number of hydrogen-bond donors (Lipinski definition) is 1. The topological polar surface area (TPSA) is 98.4 Å². The van der Waals surface area contributed by atoms with Crippen LogP contribution < -0.4 is 14.8 Å². The highest BCUT2D eigenvalue weighted by atomic mass is 19.1. The summed E-state index contributed by atoms with van der Waals surface area (Å²) in [7, 11) is 5.50. The van der Waals surface area contributed by atoms with Gasteiger partial charge in [-0.3, -0.25) is 9.80 Å². The van der Waals surface area contributed by atoms with Gasteiger partial charge in [0.05, 0.1) is 43.3 Å². The summed E-state index contributed by atoms with van der Waals surface area (Å²) < 4.78 is 29.1. The average molecular weight is 600 g/mol. The van der Waals surface area contributed by atoms with Crippen LogP contribution in [0.5, 0.6) is 11.5 Å². The Morgan fingerprint density at radius 3 is 2.77 bits per heavy atom. The molecule has 0 atom stereocenters. The number of likely N-dealkylation sites (N-methyl/N-ethyl adjacent to an activating group) is 1. The lowest BCUT2D eigenvalue weighted by Gasteiger charge is -2.22. The van der Waals surface area contributed by atoms with Crippen molar-refractivity contribution in [3.05, 3.63) is 78.7 Å². The highest BCUT2D eigenvalue weighted by Gasteiger charge is 2.26. The molecule has 0 spiro atoms. The number of anilines is 2. The first-order valence-electron chi connectivity index (χ1n) is 14.3. The fourth-order valence-corrected chi connectivity index (χ4v) is 4.84. The van der Waals surface area contributed by atoms with E-state index in [2.05, 4.69) is 25.0 Å². The van der Waals surface area contributed by atoms with E-state index >= 15 is 4.39 Å². The van der Waals surface area contributed by atoms with Crippen LogP contribution in [0.25, 0.3) is 10.9 Å². The predicted molar refractivity (Wildman–Crippen MR) is 170 cm³/mol. The lowest BCUT2D eigenvalue weighted by molar-refractivity contribution is -0.442.